The number of hydrogen-bond acceptors (Lipinski definition) is 6. The molecular weight excluding hydrogens is 452 g/mol. The van der Waals surface area contributed by atoms with E-state index < -0.39 is 0 Å². The van der Waals surface area contributed by atoms with Gasteiger partial charge in [-0.3, -0.25) is 9.69 Å². The van der Waals surface area contributed by atoms with E-state index in [1.54, 1.807) is 6.33 Å². The molecule has 0 bridgehead atoms. The van der Waals surface area contributed by atoms with Crippen LogP contribution in [0.2, 0.25) is 0 Å². The van der Waals surface area contributed by atoms with Gasteiger partial charge in [-0.05, 0) is 56.9 Å². The van der Waals surface area contributed by atoms with Crippen LogP contribution < -0.4 is 10.6 Å². The van der Waals surface area contributed by atoms with Gasteiger partial charge in [0.05, 0.1) is 16.7 Å². The molecule has 5 heterocycles. The van der Waals surface area contributed by atoms with E-state index in [-0.39, 0.29) is 17.9 Å². The van der Waals surface area contributed by atoms with Gasteiger partial charge in [-0.25, -0.2) is 14.5 Å². The monoisotopic (exact) mass is 488 g/mol. The van der Waals surface area contributed by atoms with Crippen LogP contribution >= 0.6 is 0 Å². The Morgan fingerprint density at radius 3 is 2.67 bits per heavy atom. The van der Waals surface area contributed by atoms with Crippen LogP contribution in [0.1, 0.15) is 56.7 Å². The Morgan fingerprint density at radius 1 is 1.17 bits per heavy atom. The van der Waals surface area contributed by atoms with Crippen LogP contribution in [0.15, 0.2) is 24.7 Å². The molecule has 4 aromatic heterocycles. The molecule has 0 unspecified atom stereocenters. The van der Waals surface area contributed by atoms with Crippen LogP contribution in [0.4, 0.5) is 5.82 Å². The van der Waals surface area contributed by atoms with Crippen molar-refractivity contribution in [3.63, 3.8) is 0 Å². The SMILES string of the molecule is Cc1c(-c2[nH]c3ccc(N4C[C@@H](C)N(CCC(N)=O)C[C@H]4C)nc3c2C(C)C)cn2ncnc2c1C. The summed E-state index contributed by atoms with van der Waals surface area (Å²) in [5.41, 5.74) is 14.1. The first-order chi connectivity index (χ1) is 17.2. The van der Waals surface area contributed by atoms with Crippen molar-refractivity contribution in [2.45, 2.75) is 66.0 Å². The third-order valence-electron chi connectivity index (χ3n) is 7.69. The van der Waals surface area contributed by atoms with Gasteiger partial charge in [0.2, 0.25) is 5.91 Å². The normalized spacial score (nSPS) is 19.1. The van der Waals surface area contributed by atoms with Gasteiger partial charge in [0.15, 0.2) is 5.65 Å². The maximum absolute atomic E-state index is 11.3. The van der Waals surface area contributed by atoms with Crippen molar-refractivity contribution in [1.82, 2.24) is 29.5 Å². The lowest BCUT2D eigenvalue weighted by atomic mass is 9.95. The Hall–Kier alpha value is -3.46. The molecule has 9 nitrogen and oxygen atoms in total. The fourth-order valence-electron chi connectivity index (χ4n) is 5.55. The molecular formula is C27H36N8O. The second-order valence-corrected chi connectivity index (χ2v) is 10.5. The fraction of sp³-hybridized carbons (Fsp3) is 0.481. The van der Waals surface area contributed by atoms with Crippen molar-refractivity contribution >= 4 is 28.4 Å². The average Bonchev–Trinajstić information content (AvgIpc) is 3.45. The topological polar surface area (TPSA) is 108 Å². The summed E-state index contributed by atoms with van der Waals surface area (Å²) < 4.78 is 1.85. The fourth-order valence-corrected chi connectivity index (χ4v) is 5.55. The van der Waals surface area contributed by atoms with E-state index in [0.29, 0.717) is 19.0 Å². The van der Waals surface area contributed by atoms with Gasteiger partial charge < -0.3 is 15.6 Å². The van der Waals surface area contributed by atoms with Crippen LogP contribution in [-0.4, -0.2) is 67.1 Å². The lowest BCUT2D eigenvalue weighted by Crippen LogP contribution is -2.57. The zero-order chi connectivity index (χ0) is 25.7. The molecule has 0 spiro atoms. The van der Waals surface area contributed by atoms with Gasteiger partial charge in [-0.2, -0.15) is 5.10 Å². The number of nitrogens with two attached hydrogens (primary N) is 1. The Morgan fingerprint density at radius 2 is 1.94 bits per heavy atom. The summed E-state index contributed by atoms with van der Waals surface area (Å²) in [5.74, 6) is 1.02. The van der Waals surface area contributed by atoms with Gasteiger partial charge in [0, 0.05) is 55.5 Å². The highest BCUT2D eigenvalue weighted by Gasteiger charge is 2.30. The molecule has 3 N–H and O–H groups in total. The van der Waals surface area contributed by atoms with Gasteiger partial charge in [0.1, 0.15) is 12.1 Å². The van der Waals surface area contributed by atoms with Crippen LogP contribution in [0.5, 0.6) is 0 Å². The number of carbonyl (C=O) groups excluding carboxylic acids is 1. The predicted molar refractivity (Wildman–Crippen MR) is 143 cm³/mol. The number of piperazine rings is 1. The lowest BCUT2D eigenvalue weighted by Gasteiger charge is -2.44. The summed E-state index contributed by atoms with van der Waals surface area (Å²) in [7, 11) is 0. The molecule has 0 aliphatic carbocycles. The van der Waals surface area contributed by atoms with Crippen molar-refractivity contribution in [2.24, 2.45) is 5.73 Å². The standard InChI is InChI=1S/C27H36N8O/c1-15(2)24-25(20-13-35-27(29-14-30-35)19(6)18(20)5)31-21-7-8-23(32-26(21)24)34-12-16(3)33(11-17(34)4)10-9-22(28)36/h7-8,13-17,31H,9-12H2,1-6H3,(H2,28,36)/t16-,17-/m1/s1. The number of pyridine rings is 2. The van der Waals surface area contributed by atoms with Crippen molar-refractivity contribution in [3.8, 4) is 11.3 Å². The molecule has 0 radical (unpaired) electrons. The zero-order valence-corrected chi connectivity index (χ0v) is 22.0. The number of aromatic amines is 1. The molecule has 36 heavy (non-hydrogen) atoms. The maximum Gasteiger partial charge on any atom is 0.218 e. The first-order valence-corrected chi connectivity index (χ1v) is 12.8. The van der Waals surface area contributed by atoms with Crippen molar-refractivity contribution in [1.29, 1.82) is 0 Å². The summed E-state index contributed by atoms with van der Waals surface area (Å²) in [6, 6.07) is 4.86. The summed E-state index contributed by atoms with van der Waals surface area (Å²) in [6.45, 7) is 15.6. The molecule has 0 saturated carbocycles. The summed E-state index contributed by atoms with van der Waals surface area (Å²) in [4.78, 5) is 29.3. The number of hydrogen-bond donors (Lipinski definition) is 2. The number of carbonyl (C=O) groups is 1. The molecule has 190 valence electrons. The summed E-state index contributed by atoms with van der Waals surface area (Å²) in [5, 5.41) is 4.39. The maximum atomic E-state index is 11.3. The van der Waals surface area contributed by atoms with E-state index in [1.165, 1.54) is 11.1 Å². The quantitative estimate of drug-likeness (QED) is 0.428. The Kier molecular flexibility index (Phi) is 6.20. The minimum absolute atomic E-state index is 0.248. The van der Waals surface area contributed by atoms with Crippen LogP contribution in [-0.2, 0) is 4.79 Å². The van der Waals surface area contributed by atoms with Crippen LogP contribution in [0.3, 0.4) is 0 Å². The van der Waals surface area contributed by atoms with Gasteiger partial charge >= 0.3 is 0 Å². The van der Waals surface area contributed by atoms with E-state index in [0.717, 1.165) is 52.4 Å². The largest absolute Gasteiger partial charge is 0.370 e. The minimum Gasteiger partial charge on any atom is -0.370 e. The second kappa shape index (κ2) is 9.20. The second-order valence-electron chi connectivity index (χ2n) is 10.5. The van der Waals surface area contributed by atoms with Crippen molar-refractivity contribution in [3.05, 3.63) is 41.3 Å². The van der Waals surface area contributed by atoms with Gasteiger partial charge in [-0.15, -0.1) is 0 Å². The van der Waals surface area contributed by atoms with E-state index in [9.17, 15) is 4.79 Å². The third kappa shape index (κ3) is 4.11. The number of fused-ring (bicyclic) bond motifs is 2. The molecule has 1 fully saturated rings. The highest BCUT2D eigenvalue weighted by atomic mass is 16.1. The third-order valence-corrected chi connectivity index (χ3v) is 7.69. The first-order valence-electron chi connectivity index (χ1n) is 12.8. The molecule has 1 amide bonds. The number of primary amides is 1. The Balaban J connectivity index is 1.54. The number of nitrogens with zero attached hydrogens (tertiary/aromatic N) is 6. The molecule has 1 aliphatic rings. The number of amides is 1. The molecule has 4 aromatic rings. The van der Waals surface area contributed by atoms with E-state index in [2.05, 4.69) is 84.7 Å². The number of aromatic nitrogens is 5. The summed E-state index contributed by atoms with van der Waals surface area (Å²) in [6.07, 6.45) is 4.06. The predicted octanol–water partition coefficient (Wildman–Crippen LogP) is 3.79. The first kappa shape index (κ1) is 24.2. The molecule has 2 atom stereocenters. The van der Waals surface area contributed by atoms with Crippen molar-refractivity contribution in [2.75, 3.05) is 24.5 Å². The van der Waals surface area contributed by atoms with E-state index in [1.807, 2.05) is 4.52 Å². The highest BCUT2D eigenvalue weighted by molar-refractivity contribution is 5.90. The van der Waals surface area contributed by atoms with Crippen LogP contribution in [0, 0.1) is 13.8 Å². The molecule has 1 aliphatic heterocycles. The van der Waals surface area contributed by atoms with E-state index >= 15 is 0 Å². The average molecular weight is 489 g/mol. The van der Waals surface area contributed by atoms with Crippen molar-refractivity contribution < 1.29 is 4.79 Å². The molecule has 0 aromatic carbocycles. The smallest absolute Gasteiger partial charge is 0.218 e. The summed E-state index contributed by atoms with van der Waals surface area (Å²) >= 11 is 0. The Labute approximate surface area is 211 Å². The Bertz CT molecular complexity index is 1430. The molecule has 9 heteroatoms. The van der Waals surface area contributed by atoms with Crippen LogP contribution in [0.25, 0.3) is 27.9 Å². The number of H-pyrrole nitrogens is 1. The molecule has 1 saturated heterocycles. The zero-order valence-electron chi connectivity index (χ0n) is 22.0. The highest BCUT2D eigenvalue weighted by Crippen LogP contribution is 2.38. The number of anilines is 1. The van der Waals surface area contributed by atoms with Gasteiger partial charge in [-0.1, -0.05) is 13.8 Å². The number of nitrogens with one attached hydrogen (secondary N) is 1. The number of aryl methyl sites for hydroxylation is 1. The lowest BCUT2D eigenvalue weighted by molar-refractivity contribution is -0.118. The number of rotatable bonds is 6. The molecule has 5 rings (SSSR count). The minimum atomic E-state index is -0.248. The van der Waals surface area contributed by atoms with E-state index in [4.69, 9.17) is 10.7 Å². The van der Waals surface area contributed by atoms with Gasteiger partial charge in [0.25, 0.3) is 0 Å².